The number of β-amino-alcohol motifs (C(OH)–C–C–N with tert-alkyl or cyclic N) is 1. The van der Waals surface area contributed by atoms with Crippen molar-refractivity contribution < 1.29 is 5.11 Å². The van der Waals surface area contributed by atoms with Gasteiger partial charge in [0.15, 0.2) is 0 Å². The second kappa shape index (κ2) is 9.08. The maximum atomic E-state index is 10.6. The van der Waals surface area contributed by atoms with Crippen molar-refractivity contribution in [2.75, 3.05) is 26.7 Å². The maximum absolute atomic E-state index is 10.6. The van der Waals surface area contributed by atoms with Crippen molar-refractivity contribution in [1.29, 1.82) is 0 Å². The van der Waals surface area contributed by atoms with Gasteiger partial charge in [-0.25, -0.2) is 4.98 Å². The Kier molecular flexibility index (Phi) is 6.55. The molecule has 2 atom stereocenters. The third-order valence-corrected chi connectivity index (χ3v) is 4.88. The van der Waals surface area contributed by atoms with Crippen LogP contribution in [0, 0.1) is 0 Å². The number of nitrogens with zero attached hydrogens (tertiary/aromatic N) is 5. The van der Waals surface area contributed by atoms with E-state index in [2.05, 4.69) is 51.2 Å². The Morgan fingerprint density at radius 2 is 2.12 bits per heavy atom. The van der Waals surface area contributed by atoms with Crippen LogP contribution in [0.5, 0.6) is 0 Å². The van der Waals surface area contributed by atoms with Gasteiger partial charge >= 0.3 is 0 Å². The number of aromatic nitrogens is 3. The second-order valence-electron chi connectivity index (χ2n) is 7.10. The summed E-state index contributed by atoms with van der Waals surface area (Å²) < 4.78 is 1.90. The van der Waals surface area contributed by atoms with E-state index < -0.39 is 0 Å². The molecule has 1 saturated heterocycles. The van der Waals surface area contributed by atoms with E-state index in [1.54, 1.807) is 12.7 Å². The summed E-state index contributed by atoms with van der Waals surface area (Å²) in [5.74, 6) is 0. The fourth-order valence-corrected chi connectivity index (χ4v) is 3.70. The van der Waals surface area contributed by atoms with Gasteiger partial charge in [-0.3, -0.25) is 14.5 Å². The summed E-state index contributed by atoms with van der Waals surface area (Å²) in [6.07, 6.45) is 6.63. The molecule has 1 aromatic heterocycles. The molecule has 1 N–H and O–H groups in total. The van der Waals surface area contributed by atoms with E-state index in [1.807, 2.05) is 10.7 Å². The molecule has 2 heterocycles. The van der Waals surface area contributed by atoms with Crippen molar-refractivity contribution in [3.8, 4) is 0 Å². The minimum atomic E-state index is -0.343. The molecule has 0 spiro atoms. The molecule has 136 valence electrons. The van der Waals surface area contributed by atoms with Gasteiger partial charge in [0.25, 0.3) is 0 Å². The number of aliphatic hydroxyl groups is 1. The largest absolute Gasteiger partial charge is 0.390 e. The van der Waals surface area contributed by atoms with Gasteiger partial charge in [-0.2, -0.15) is 5.10 Å². The molecule has 1 aromatic carbocycles. The highest BCUT2D eigenvalue weighted by Gasteiger charge is 2.25. The molecule has 1 aliphatic rings. The molecule has 3 rings (SSSR count). The number of hydrogen-bond acceptors (Lipinski definition) is 5. The zero-order valence-electron chi connectivity index (χ0n) is 15.0. The van der Waals surface area contributed by atoms with E-state index >= 15 is 0 Å². The van der Waals surface area contributed by atoms with E-state index in [0.717, 1.165) is 32.6 Å². The van der Waals surface area contributed by atoms with E-state index in [1.165, 1.54) is 18.4 Å². The van der Waals surface area contributed by atoms with Crippen molar-refractivity contribution in [3.63, 3.8) is 0 Å². The quantitative estimate of drug-likeness (QED) is 0.789. The summed E-state index contributed by atoms with van der Waals surface area (Å²) in [6, 6.07) is 10.8. The maximum Gasteiger partial charge on any atom is 0.137 e. The van der Waals surface area contributed by atoms with Crippen LogP contribution in [0.1, 0.15) is 24.8 Å². The van der Waals surface area contributed by atoms with E-state index in [4.69, 9.17) is 0 Å². The normalized spacial score (nSPS) is 20.0. The molecule has 1 fully saturated rings. The van der Waals surface area contributed by atoms with E-state index in [-0.39, 0.29) is 6.10 Å². The highest BCUT2D eigenvalue weighted by Crippen LogP contribution is 2.19. The summed E-state index contributed by atoms with van der Waals surface area (Å²) >= 11 is 0. The minimum Gasteiger partial charge on any atom is -0.390 e. The van der Waals surface area contributed by atoms with Crippen LogP contribution in [0.4, 0.5) is 0 Å². The molecular weight excluding hydrogens is 314 g/mol. The van der Waals surface area contributed by atoms with Gasteiger partial charge in [-0.05, 0) is 32.0 Å². The first-order chi connectivity index (χ1) is 12.2. The molecule has 0 saturated carbocycles. The average Bonchev–Trinajstić information content (AvgIpc) is 3.10. The molecule has 0 bridgehead atoms. The lowest BCUT2D eigenvalue weighted by Gasteiger charge is -2.37. The standard InChI is InChI=1S/C19H29N5O/c1-22(11-17-7-3-2-4-8-17)13-19(25)14-23-10-6-5-9-18(23)12-24-16-20-15-21-24/h2-4,7-8,15-16,18-19,25H,5-6,9-14H2,1H3. The monoisotopic (exact) mass is 343 g/mol. The smallest absolute Gasteiger partial charge is 0.137 e. The molecule has 25 heavy (non-hydrogen) atoms. The Hall–Kier alpha value is -1.76. The topological polar surface area (TPSA) is 57.4 Å². The SMILES string of the molecule is CN(Cc1ccccc1)CC(O)CN1CCCCC1Cn1cncn1. The Balaban J connectivity index is 1.48. The van der Waals surface area contributed by atoms with Crippen molar-refractivity contribution in [2.45, 2.75) is 44.5 Å². The predicted molar refractivity (Wildman–Crippen MR) is 98.0 cm³/mol. The van der Waals surface area contributed by atoms with Crippen molar-refractivity contribution in [3.05, 3.63) is 48.5 Å². The first kappa shape index (κ1) is 18.0. The lowest BCUT2D eigenvalue weighted by atomic mass is 10.0. The first-order valence-corrected chi connectivity index (χ1v) is 9.17. The Bertz CT molecular complexity index is 604. The van der Waals surface area contributed by atoms with Crippen LogP contribution in [0.25, 0.3) is 0 Å². The highest BCUT2D eigenvalue weighted by molar-refractivity contribution is 5.14. The van der Waals surface area contributed by atoms with Gasteiger partial charge in [0, 0.05) is 25.7 Å². The molecule has 1 aliphatic heterocycles. The Labute approximate surface area is 150 Å². The zero-order chi connectivity index (χ0) is 17.5. The first-order valence-electron chi connectivity index (χ1n) is 9.17. The van der Waals surface area contributed by atoms with Crippen LogP contribution in [-0.4, -0.2) is 68.5 Å². The van der Waals surface area contributed by atoms with E-state index in [0.29, 0.717) is 12.6 Å². The fourth-order valence-electron chi connectivity index (χ4n) is 3.70. The molecule has 2 unspecified atom stereocenters. The van der Waals surface area contributed by atoms with Crippen LogP contribution >= 0.6 is 0 Å². The van der Waals surface area contributed by atoms with Crippen LogP contribution in [-0.2, 0) is 13.1 Å². The molecule has 0 amide bonds. The van der Waals surface area contributed by atoms with Crippen molar-refractivity contribution in [2.24, 2.45) is 0 Å². The third-order valence-electron chi connectivity index (χ3n) is 4.88. The van der Waals surface area contributed by atoms with Crippen LogP contribution in [0.3, 0.4) is 0 Å². The zero-order valence-corrected chi connectivity index (χ0v) is 15.0. The minimum absolute atomic E-state index is 0.343. The molecule has 6 heteroatoms. The summed E-state index contributed by atoms with van der Waals surface area (Å²) in [6.45, 7) is 4.17. The number of likely N-dealkylation sites (N-methyl/N-ethyl adjacent to an activating group) is 1. The summed E-state index contributed by atoms with van der Waals surface area (Å²) in [7, 11) is 2.07. The second-order valence-corrected chi connectivity index (χ2v) is 7.10. The van der Waals surface area contributed by atoms with Gasteiger partial charge in [-0.1, -0.05) is 36.8 Å². The number of aliphatic hydroxyl groups excluding tert-OH is 1. The summed E-state index contributed by atoms with van der Waals surface area (Å²) in [5, 5.41) is 14.8. The number of benzene rings is 1. The third kappa shape index (κ3) is 5.63. The van der Waals surface area contributed by atoms with Crippen LogP contribution < -0.4 is 0 Å². The number of hydrogen-bond donors (Lipinski definition) is 1. The highest BCUT2D eigenvalue weighted by atomic mass is 16.3. The Morgan fingerprint density at radius 1 is 1.28 bits per heavy atom. The lowest BCUT2D eigenvalue weighted by molar-refractivity contribution is 0.0421. The fraction of sp³-hybridized carbons (Fsp3) is 0.579. The molecule has 0 aliphatic carbocycles. The van der Waals surface area contributed by atoms with Gasteiger partial charge in [0.05, 0.1) is 12.6 Å². The molecular formula is C19H29N5O. The van der Waals surface area contributed by atoms with Gasteiger partial charge in [0.1, 0.15) is 12.7 Å². The van der Waals surface area contributed by atoms with Gasteiger partial charge in [-0.15, -0.1) is 0 Å². The van der Waals surface area contributed by atoms with Gasteiger partial charge < -0.3 is 5.11 Å². The van der Waals surface area contributed by atoms with Crippen molar-refractivity contribution in [1.82, 2.24) is 24.6 Å². The Morgan fingerprint density at radius 3 is 2.88 bits per heavy atom. The molecule has 0 radical (unpaired) electrons. The molecule has 2 aromatic rings. The summed E-state index contributed by atoms with van der Waals surface area (Å²) in [5.41, 5.74) is 1.28. The summed E-state index contributed by atoms with van der Waals surface area (Å²) in [4.78, 5) is 8.64. The van der Waals surface area contributed by atoms with Gasteiger partial charge in [0.2, 0.25) is 0 Å². The van der Waals surface area contributed by atoms with Crippen molar-refractivity contribution >= 4 is 0 Å². The molecule has 6 nitrogen and oxygen atoms in total. The predicted octanol–water partition coefficient (Wildman–Crippen LogP) is 1.63. The number of piperidine rings is 1. The number of rotatable bonds is 8. The van der Waals surface area contributed by atoms with Crippen LogP contribution in [0.2, 0.25) is 0 Å². The van der Waals surface area contributed by atoms with Crippen LogP contribution in [0.15, 0.2) is 43.0 Å². The average molecular weight is 343 g/mol. The lowest BCUT2D eigenvalue weighted by Crippen LogP contribution is -2.47. The van der Waals surface area contributed by atoms with E-state index in [9.17, 15) is 5.11 Å². The number of likely N-dealkylation sites (tertiary alicyclic amines) is 1.